The maximum absolute atomic E-state index is 8.65. The van der Waals surface area contributed by atoms with Crippen LogP contribution >= 0.6 is 34.8 Å². The Morgan fingerprint density at radius 3 is 1.74 bits per heavy atom. The van der Waals surface area contributed by atoms with E-state index in [0.717, 1.165) is 5.82 Å². The molecule has 3 aromatic rings. The van der Waals surface area contributed by atoms with E-state index < -0.39 is 0 Å². The lowest BCUT2D eigenvalue weighted by atomic mass is 10.5. The van der Waals surface area contributed by atoms with Gasteiger partial charge in [-0.25, -0.2) is 29.9 Å². The zero-order valence-electron chi connectivity index (χ0n) is 17.0. The molecule has 0 aliphatic carbocycles. The number of aliphatic hydroxyl groups excluding tert-OH is 2. The molecule has 0 bridgehead atoms. The second-order valence-electron chi connectivity index (χ2n) is 5.69. The zero-order chi connectivity index (χ0) is 23.1. The maximum atomic E-state index is 8.65. The molecular formula is C18H23Cl3N8O2. The van der Waals surface area contributed by atoms with Crippen LogP contribution in [-0.4, -0.2) is 80.5 Å². The molecule has 0 saturated heterocycles. The summed E-state index contributed by atoms with van der Waals surface area (Å²) < 4.78 is 0. The van der Waals surface area contributed by atoms with Crippen molar-refractivity contribution in [2.75, 3.05) is 50.2 Å². The molecule has 3 heterocycles. The molecule has 13 heteroatoms. The highest BCUT2D eigenvalue weighted by Gasteiger charge is 2.01. The molecule has 3 aromatic heterocycles. The summed E-state index contributed by atoms with van der Waals surface area (Å²) in [7, 11) is 3.70. The molecule has 168 valence electrons. The van der Waals surface area contributed by atoms with Gasteiger partial charge >= 0.3 is 0 Å². The molecule has 0 aliphatic rings. The van der Waals surface area contributed by atoms with Gasteiger partial charge in [0.05, 0.1) is 13.2 Å². The molecule has 0 aliphatic heterocycles. The van der Waals surface area contributed by atoms with Crippen molar-refractivity contribution in [2.24, 2.45) is 0 Å². The van der Waals surface area contributed by atoms with Crippen LogP contribution in [0.1, 0.15) is 0 Å². The number of rotatable bonds is 6. The van der Waals surface area contributed by atoms with Crippen LogP contribution in [0.3, 0.4) is 0 Å². The predicted octanol–water partition coefficient (Wildman–Crippen LogP) is 2.25. The summed E-state index contributed by atoms with van der Waals surface area (Å²) in [6.45, 7) is 1.36. The maximum Gasteiger partial charge on any atom is 0.224 e. The highest BCUT2D eigenvalue weighted by Crippen LogP contribution is 2.09. The van der Waals surface area contributed by atoms with E-state index in [1.54, 1.807) is 35.5 Å². The molecule has 2 N–H and O–H groups in total. The van der Waals surface area contributed by atoms with E-state index in [2.05, 4.69) is 29.9 Å². The molecule has 0 amide bonds. The van der Waals surface area contributed by atoms with Crippen molar-refractivity contribution in [3.05, 3.63) is 58.8 Å². The lowest BCUT2D eigenvalue weighted by molar-refractivity contribution is 0.303. The van der Waals surface area contributed by atoms with Gasteiger partial charge in [-0.1, -0.05) is 11.6 Å². The molecular weight excluding hydrogens is 467 g/mol. The summed E-state index contributed by atoms with van der Waals surface area (Å²) in [5.41, 5.74) is 0. The Hall–Kier alpha value is -2.37. The Morgan fingerprint density at radius 1 is 0.742 bits per heavy atom. The first-order valence-electron chi connectivity index (χ1n) is 8.90. The molecule has 3 rings (SSSR count). The Labute approximate surface area is 195 Å². The van der Waals surface area contributed by atoms with Crippen LogP contribution in [0.15, 0.2) is 43.1 Å². The number of aromatic nitrogens is 6. The van der Waals surface area contributed by atoms with Gasteiger partial charge in [-0.15, -0.1) is 0 Å². The highest BCUT2D eigenvalue weighted by atomic mass is 35.5. The van der Waals surface area contributed by atoms with Crippen LogP contribution in [-0.2, 0) is 0 Å². The number of hydrogen-bond donors (Lipinski definition) is 2. The van der Waals surface area contributed by atoms with E-state index in [1.807, 2.05) is 19.0 Å². The average molecular weight is 490 g/mol. The molecule has 0 fully saturated rings. The molecule has 0 saturated carbocycles. The van der Waals surface area contributed by atoms with Gasteiger partial charge in [0.15, 0.2) is 0 Å². The third-order valence-electron chi connectivity index (χ3n) is 3.42. The lowest BCUT2D eigenvalue weighted by Gasteiger charge is -2.15. The fraction of sp³-hybridized carbons (Fsp3) is 0.333. The van der Waals surface area contributed by atoms with Crippen molar-refractivity contribution in [3.63, 3.8) is 0 Å². The minimum absolute atomic E-state index is 0.0954. The Morgan fingerprint density at radius 2 is 1.29 bits per heavy atom. The fourth-order valence-electron chi connectivity index (χ4n) is 1.89. The van der Waals surface area contributed by atoms with Gasteiger partial charge in [-0.05, 0) is 41.4 Å². The highest BCUT2D eigenvalue weighted by molar-refractivity contribution is 6.31. The van der Waals surface area contributed by atoms with E-state index >= 15 is 0 Å². The first kappa shape index (κ1) is 26.7. The molecule has 31 heavy (non-hydrogen) atoms. The normalized spacial score (nSPS) is 9.65. The summed E-state index contributed by atoms with van der Waals surface area (Å²) in [5.74, 6) is 1.54. The number of nitrogens with zero attached hydrogens (tertiary/aromatic N) is 8. The van der Waals surface area contributed by atoms with Crippen molar-refractivity contribution in [1.82, 2.24) is 29.9 Å². The van der Waals surface area contributed by atoms with E-state index in [4.69, 9.17) is 45.0 Å². The zero-order valence-corrected chi connectivity index (χ0v) is 19.2. The third-order valence-corrected chi connectivity index (χ3v) is 4.00. The molecule has 0 spiro atoms. The first-order valence-corrected chi connectivity index (χ1v) is 10.0. The molecule has 0 unspecified atom stereocenters. The Bertz CT molecular complexity index is 862. The predicted molar refractivity (Wildman–Crippen MR) is 122 cm³/mol. The van der Waals surface area contributed by atoms with Crippen molar-refractivity contribution < 1.29 is 10.2 Å². The lowest BCUT2D eigenvalue weighted by Crippen LogP contribution is -2.22. The third kappa shape index (κ3) is 11.6. The van der Waals surface area contributed by atoms with Gasteiger partial charge in [0, 0.05) is 45.8 Å². The molecule has 0 aromatic carbocycles. The van der Waals surface area contributed by atoms with Crippen LogP contribution in [0.5, 0.6) is 0 Å². The largest absolute Gasteiger partial charge is 0.395 e. The van der Waals surface area contributed by atoms with Crippen molar-refractivity contribution in [1.29, 1.82) is 0 Å². The number of anilines is 2. The van der Waals surface area contributed by atoms with Gasteiger partial charge in [-0.3, -0.25) is 0 Å². The molecule has 10 nitrogen and oxygen atoms in total. The summed E-state index contributed by atoms with van der Waals surface area (Å²) in [5, 5.41) is 18.0. The van der Waals surface area contributed by atoms with E-state index in [9.17, 15) is 0 Å². The number of halogens is 3. The molecule has 0 radical (unpaired) electrons. The fourth-order valence-corrected chi connectivity index (χ4v) is 2.36. The number of likely N-dealkylation sites (N-methyl/N-ethyl adjacent to an activating group) is 2. The van der Waals surface area contributed by atoms with Gasteiger partial charge in [0.25, 0.3) is 0 Å². The summed E-state index contributed by atoms with van der Waals surface area (Å²) in [6.07, 6.45) is 6.25. The standard InChI is InChI=1S/C7H10ClN3O.C7H11N3O.C4H2Cl2N2/c1-11(4-5-12)6-2-3-9-7(8)10-6;1-10(4-5-11)7-2-3-8-6-9-7;5-3-1-2-7-4(6)8-3/h2-3,12H,4-5H2,1H3;2-3,6,11H,4-5H2,1H3;1-2H. The van der Waals surface area contributed by atoms with Crippen molar-refractivity contribution >= 4 is 46.4 Å². The van der Waals surface area contributed by atoms with Crippen LogP contribution in [0.2, 0.25) is 15.7 Å². The Kier molecular flexibility index (Phi) is 13.3. The van der Waals surface area contributed by atoms with Gasteiger partial charge in [-0.2, -0.15) is 0 Å². The molecule has 0 atom stereocenters. The van der Waals surface area contributed by atoms with Crippen molar-refractivity contribution in [3.8, 4) is 0 Å². The van der Waals surface area contributed by atoms with Crippen LogP contribution in [0.4, 0.5) is 11.6 Å². The Balaban J connectivity index is 0.000000237. The summed E-state index contributed by atoms with van der Waals surface area (Å²) in [6, 6.07) is 5.10. The smallest absolute Gasteiger partial charge is 0.224 e. The number of aliphatic hydroxyl groups is 2. The van der Waals surface area contributed by atoms with Gasteiger partial charge < -0.3 is 20.0 Å². The van der Waals surface area contributed by atoms with E-state index in [1.165, 1.54) is 12.5 Å². The topological polar surface area (TPSA) is 124 Å². The van der Waals surface area contributed by atoms with Crippen LogP contribution in [0.25, 0.3) is 0 Å². The van der Waals surface area contributed by atoms with Gasteiger partial charge in [0.2, 0.25) is 10.6 Å². The minimum Gasteiger partial charge on any atom is -0.395 e. The average Bonchev–Trinajstić information content (AvgIpc) is 2.75. The monoisotopic (exact) mass is 488 g/mol. The number of hydrogen-bond acceptors (Lipinski definition) is 10. The minimum atomic E-state index is 0.0954. The van der Waals surface area contributed by atoms with E-state index in [0.29, 0.717) is 24.1 Å². The second-order valence-corrected chi connectivity index (χ2v) is 6.75. The SMILES string of the molecule is CN(CCO)c1ccnc(Cl)n1.CN(CCO)c1ccncn1.Clc1ccnc(Cl)n1. The van der Waals surface area contributed by atoms with Gasteiger partial charge in [0.1, 0.15) is 23.1 Å². The summed E-state index contributed by atoms with van der Waals surface area (Å²) in [4.78, 5) is 26.4. The summed E-state index contributed by atoms with van der Waals surface area (Å²) >= 11 is 16.3. The first-order chi connectivity index (χ1) is 14.9. The van der Waals surface area contributed by atoms with E-state index in [-0.39, 0.29) is 23.8 Å². The van der Waals surface area contributed by atoms with Crippen LogP contribution in [0, 0.1) is 0 Å². The van der Waals surface area contributed by atoms with Crippen molar-refractivity contribution in [2.45, 2.75) is 0 Å². The van der Waals surface area contributed by atoms with Crippen LogP contribution < -0.4 is 9.80 Å². The second kappa shape index (κ2) is 15.4. The quantitative estimate of drug-likeness (QED) is 0.393.